The van der Waals surface area contributed by atoms with E-state index in [-0.39, 0.29) is 12.1 Å². The van der Waals surface area contributed by atoms with E-state index in [2.05, 4.69) is 44.8 Å². The number of rotatable bonds is 10. The molecule has 104 valence electrons. The Balaban J connectivity index is 4.18. The van der Waals surface area contributed by atoms with Gasteiger partial charge in [0.15, 0.2) is 0 Å². The van der Waals surface area contributed by atoms with E-state index in [1.54, 1.807) is 0 Å². The lowest BCUT2D eigenvalue weighted by molar-refractivity contribution is 0.133. The van der Waals surface area contributed by atoms with Crippen LogP contribution in [0.1, 0.15) is 53.9 Å². The van der Waals surface area contributed by atoms with E-state index in [1.807, 2.05) is 0 Å². The lowest BCUT2D eigenvalue weighted by Gasteiger charge is -2.34. The molecule has 0 aliphatic carbocycles. The first-order valence-corrected chi connectivity index (χ1v) is 7.12. The van der Waals surface area contributed by atoms with Crippen LogP contribution in [0.15, 0.2) is 0 Å². The second-order valence-corrected chi connectivity index (χ2v) is 5.28. The number of nitrogens with one attached hydrogen (secondary N) is 1. The van der Waals surface area contributed by atoms with Gasteiger partial charge >= 0.3 is 0 Å². The molecule has 0 spiro atoms. The topological polar surface area (TPSA) is 35.5 Å². The molecule has 3 nitrogen and oxygen atoms in total. The van der Waals surface area contributed by atoms with Crippen LogP contribution in [0.5, 0.6) is 0 Å². The van der Waals surface area contributed by atoms with Crippen molar-refractivity contribution in [2.45, 2.75) is 65.5 Å². The maximum Gasteiger partial charge on any atom is 0.0611 e. The summed E-state index contributed by atoms with van der Waals surface area (Å²) in [5.74, 6) is 0. The van der Waals surface area contributed by atoms with Crippen molar-refractivity contribution in [1.82, 2.24) is 10.2 Å². The Morgan fingerprint density at radius 3 is 2.35 bits per heavy atom. The van der Waals surface area contributed by atoms with Gasteiger partial charge in [0.05, 0.1) is 6.61 Å². The largest absolute Gasteiger partial charge is 0.394 e. The molecule has 0 aliphatic heterocycles. The Hall–Kier alpha value is -0.120. The van der Waals surface area contributed by atoms with E-state index in [1.165, 1.54) is 6.42 Å². The highest BCUT2D eigenvalue weighted by atomic mass is 16.3. The van der Waals surface area contributed by atoms with Crippen molar-refractivity contribution in [2.75, 3.05) is 26.2 Å². The minimum atomic E-state index is -0.128. The monoisotopic (exact) mass is 244 g/mol. The molecule has 0 bridgehead atoms. The zero-order chi connectivity index (χ0) is 13.3. The predicted octanol–water partition coefficient (Wildman–Crippen LogP) is 2.25. The van der Waals surface area contributed by atoms with Crippen LogP contribution < -0.4 is 5.32 Å². The van der Waals surface area contributed by atoms with Crippen molar-refractivity contribution >= 4 is 0 Å². The first-order chi connectivity index (χ1) is 8.02. The average Bonchev–Trinajstić information content (AvgIpc) is 2.36. The maximum atomic E-state index is 9.51. The first-order valence-electron chi connectivity index (χ1n) is 7.12. The van der Waals surface area contributed by atoms with Gasteiger partial charge in [-0.15, -0.1) is 0 Å². The summed E-state index contributed by atoms with van der Waals surface area (Å²) < 4.78 is 0. The summed E-state index contributed by atoms with van der Waals surface area (Å²) in [6.07, 6.45) is 3.30. The maximum absolute atomic E-state index is 9.51. The standard InChI is InChI=1S/C14H32N2O/c1-6-10-15-14(5,12-17)9-11-16(8-3)13(4)7-2/h13,15,17H,6-12H2,1-5H3. The van der Waals surface area contributed by atoms with E-state index in [4.69, 9.17) is 0 Å². The molecular formula is C14H32N2O. The molecular weight excluding hydrogens is 212 g/mol. The van der Waals surface area contributed by atoms with Crippen molar-refractivity contribution < 1.29 is 5.11 Å². The molecule has 0 heterocycles. The third-order valence-corrected chi connectivity index (χ3v) is 3.72. The van der Waals surface area contributed by atoms with Crippen LogP contribution in [0, 0.1) is 0 Å². The average molecular weight is 244 g/mol. The fraction of sp³-hybridized carbons (Fsp3) is 1.00. The zero-order valence-corrected chi connectivity index (χ0v) is 12.4. The molecule has 17 heavy (non-hydrogen) atoms. The molecule has 3 heteroatoms. The Morgan fingerprint density at radius 1 is 1.29 bits per heavy atom. The first kappa shape index (κ1) is 16.9. The van der Waals surface area contributed by atoms with Gasteiger partial charge in [-0.1, -0.05) is 20.8 Å². The number of nitrogens with zero attached hydrogens (tertiary/aromatic N) is 1. The lowest BCUT2D eigenvalue weighted by Crippen LogP contribution is -2.49. The molecule has 0 aromatic carbocycles. The summed E-state index contributed by atoms with van der Waals surface area (Å²) in [5, 5.41) is 13.0. The van der Waals surface area contributed by atoms with Crippen molar-refractivity contribution in [3.63, 3.8) is 0 Å². The Labute approximate surface area is 108 Å². The summed E-state index contributed by atoms with van der Waals surface area (Å²) in [6, 6.07) is 0.633. The normalized spacial score (nSPS) is 17.1. The predicted molar refractivity (Wildman–Crippen MR) is 75.4 cm³/mol. The minimum Gasteiger partial charge on any atom is -0.394 e. The number of hydrogen-bond donors (Lipinski definition) is 2. The number of aliphatic hydroxyl groups excluding tert-OH is 1. The van der Waals surface area contributed by atoms with Crippen molar-refractivity contribution in [3.05, 3.63) is 0 Å². The van der Waals surface area contributed by atoms with Crippen LogP contribution in [0.3, 0.4) is 0 Å². The number of aliphatic hydroxyl groups is 1. The number of hydrogen-bond acceptors (Lipinski definition) is 3. The van der Waals surface area contributed by atoms with Gasteiger partial charge in [0.2, 0.25) is 0 Å². The Kier molecular flexibility index (Phi) is 8.83. The molecule has 0 saturated carbocycles. The SMILES string of the molecule is CCCNC(C)(CO)CCN(CC)C(C)CC. The van der Waals surface area contributed by atoms with Gasteiger partial charge in [-0.3, -0.25) is 0 Å². The molecule has 2 atom stereocenters. The quantitative estimate of drug-likeness (QED) is 0.619. The van der Waals surface area contributed by atoms with Crippen LogP contribution >= 0.6 is 0 Å². The minimum absolute atomic E-state index is 0.128. The van der Waals surface area contributed by atoms with Crippen molar-refractivity contribution in [1.29, 1.82) is 0 Å². The lowest BCUT2D eigenvalue weighted by atomic mass is 9.98. The van der Waals surface area contributed by atoms with Gasteiger partial charge in [-0.05, 0) is 46.2 Å². The Morgan fingerprint density at radius 2 is 1.94 bits per heavy atom. The van der Waals surface area contributed by atoms with Crippen molar-refractivity contribution in [3.8, 4) is 0 Å². The van der Waals surface area contributed by atoms with Gasteiger partial charge in [-0.25, -0.2) is 0 Å². The molecule has 0 rings (SSSR count). The third kappa shape index (κ3) is 6.39. The van der Waals surface area contributed by atoms with Crippen molar-refractivity contribution in [2.24, 2.45) is 0 Å². The van der Waals surface area contributed by atoms with E-state index >= 15 is 0 Å². The van der Waals surface area contributed by atoms with Crippen LogP contribution in [0.25, 0.3) is 0 Å². The molecule has 0 fully saturated rings. The fourth-order valence-electron chi connectivity index (χ4n) is 1.99. The molecule has 0 aliphatic rings. The fourth-order valence-corrected chi connectivity index (χ4v) is 1.99. The summed E-state index contributed by atoms with van der Waals surface area (Å²) >= 11 is 0. The van der Waals surface area contributed by atoms with Crippen LogP contribution in [0.2, 0.25) is 0 Å². The van der Waals surface area contributed by atoms with Crippen LogP contribution in [-0.2, 0) is 0 Å². The molecule has 0 amide bonds. The second kappa shape index (κ2) is 8.90. The molecule has 0 aromatic heterocycles. The van der Waals surface area contributed by atoms with Gasteiger partial charge in [0.25, 0.3) is 0 Å². The van der Waals surface area contributed by atoms with Crippen LogP contribution in [0.4, 0.5) is 0 Å². The highest BCUT2D eigenvalue weighted by Crippen LogP contribution is 2.12. The third-order valence-electron chi connectivity index (χ3n) is 3.72. The van der Waals surface area contributed by atoms with E-state index in [0.717, 1.165) is 32.5 Å². The van der Waals surface area contributed by atoms with Gasteiger partial charge in [-0.2, -0.15) is 0 Å². The molecule has 0 aromatic rings. The summed E-state index contributed by atoms with van der Waals surface area (Å²) in [4.78, 5) is 2.49. The van der Waals surface area contributed by atoms with E-state index in [0.29, 0.717) is 6.04 Å². The summed E-state index contributed by atoms with van der Waals surface area (Å²) in [7, 11) is 0. The molecule has 2 unspecified atom stereocenters. The highest BCUT2D eigenvalue weighted by Gasteiger charge is 2.23. The second-order valence-electron chi connectivity index (χ2n) is 5.28. The molecule has 2 N–H and O–H groups in total. The van der Waals surface area contributed by atoms with Gasteiger partial charge in [0.1, 0.15) is 0 Å². The van der Waals surface area contributed by atoms with Crippen LogP contribution in [-0.4, -0.2) is 47.8 Å². The zero-order valence-electron chi connectivity index (χ0n) is 12.4. The Bertz CT molecular complexity index is 187. The van der Waals surface area contributed by atoms with Gasteiger partial charge < -0.3 is 15.3 Å². The summed E-state index contributed by atoms with van der Waals surface area (Å²) in [6.45, 7) is 14.3. The smallest absolute Gasteiger partial charge is 0.0611 e. The molecule has 0 radical (unpaired) electrons. The highest BCUT2D eigenvalue weighted by molar-refractivity contribution is 4.83. The van der Waals surface area contributed by atoms with E-state index in [9.17, 15) is 5.11 Å². The van der Waals surface area contributed by atoms with Gasteiger partial charge in [0, 0.05) is 18.1 Å². The summed E-state index contributed by atoms with van der Waals surface area (Å²) in [5.41, 5.74) is -0.128. The van der Waals surface area contributed by atoms with E-state index < -0.39 is 0 Å². The molecule has 0 saturated heterocycles.